The minimum absolute atomic E-state index is 0.160. The summed E-state index contributed by atoms with van der Waals surface area (Å²) < 4.78 is 7.50. The van der Waals surface area contributed by atoms with E-state index in [1.54, 1.807) is 24.3 Å². The zero-order valence-corrected chi connectivity index (χ0v) is 19.2. The number of aryl methyl sites for hydroxylation is 1. The molecule has 5 aromatic rings. The van der Waals surface area contributed by atoms with E-state index in [1.807, 2.05) is 61.5 Å². The molecule has 0 fully saturated rings. The van der Waals surface area contributed by atoms with Gasteiger partial charge >= 0.3 is 5.97 Å². The molecule has 0 aliphatic heterocycles. The lowest BCUT2D eigenvalue weighted by molar-refractivity contribution is -0.141. The van der Waals surface area contributed by atoms with Gasteiger partial charge < -0.3 is 9.30 Å². The summed E-state index contributed by atoms with van der Waals surface area (Å²) in [5, 5.41) is 8.27. The lowest BCUT2D eigenvalue weighted by Gasteiger charge is -2.11. The number of carbonyl (C=O) groups is 2. The van der Waals surface area contributed by atoms with E-state index in [4.69, 9.17) is 4.74 Å². The number of fused-ring (bicyclic) bond motifs is 2. The van der Waals surface area contributed by atoms with Crippen LogP contribution in [0.15, 0.2) is 83.7 Å². The minimum atomic E-state index is -0.594. The molecule has 0 radical (unpaired) electrons. The van der Waals surface area contributed by atoms with Crippen LogP contribution in [0.4, 0.5) is 0 Å². The molecule has 174 valence electrons. The zero-order chi connectivity index (χ0) is 24.4. The fourth-order valence-electron chi connectivity index (χ4n) is 4.52. The first-order chi connectivity index (χ1) is 17.1. The third-order valence-corrected chi connectivity index (χ3v) is 6.06. The van der Waals surface area contributed by atoms with Crippen molar-refractivity contribution in [2.45, 2.75) is 19.9 Å². The van der Waals surface area contributed by atoms with Crippen molar-refractivity contribution in [1.82, 2.24) is 14.8 Å². The largest absolute Gasteiger partial charge is 0.457 e. The van der Waals surface area contributed by atoms with Crippen molar-refractivity contribution in [3.8, 4) is 11.3 Å². The van der Waals surface area contributed by atoms with Crippen molar-refractivity contribution in [2.75, 3.05) is 6.61 Å². The molecule has 0 aliphatic carbocycles. The second kappa shape index (κ2) is 9.38. The monoisotopic (exact) mass is 465 g/mol. The van der Waals surface area contributed by atoms with Crippen molar-refractivity contribution in [2.24, 2.45) is 0 Å². The van der Waals surface area contributed by atoms with Crippen LogP contribution in [0.25, 0.3) is 32.9 Å². The van der Waals surface area contributed by atoms with Gasteiger partial charge in [0.05, 0.1) is 28.8 Å². The van der Waals surface area contributed by atoms with Crippen molar-refractivity contribution in [3.63, 3.8) is 0 Å². The SMILES string of the molecule is CCn1c(-c2ccccc2)c(C(=O)COC(=O)Cc2n[nH]c(=O)c3ccccc23)c2ccccc21. The highest BCUT2D eigenvalue weighted by Crippen LogP contribution is 2.34. The molecule has 7 heteroatoms. The van der Waals surface area contributed by atoms with E-state index >= 15 is 0 Å². The lowest BCUT2D eigenvalue weighted by Crippen LogP contribution is -2.18. The molecule has 2 heterocycles. The molecule has 0 spiro atoms. The molecular weight excluding hydrogens is 442 g/mol. The van der Waals surface area contributed by atoms with Crippen molar-refractivity contribution >= 4 is 33.4 Å². The number of H-pyrrole nitrogens is 1. The summed E-state index contributed by atoms with van der Waals surface area (Å²) in [6.45, 7) is 2.33. The first-order valence-corrected chi connectivity index (χ1v) is 11.4. The molecule has 0 saturated carbocycles. The average Bonchev–Trinajstić information content (AvgIpc) is 3.24. The third-order valence-electron chi connectivity index (χ3n) is 6.06. The number of esters is 1. The normalized spacial score (nSPS) is 11.1. The van der Waals surface area contributed by atoms with E-state index in [9.17, 15) is 14.4 Å². The van der Waals surface area contributed by atoms with Crippen LogP contribution in [0.3, 0.4) is 0 Å². The second-order valence-corrected chi connectivity index (χ2v) is 8.16. The topological polar surface area (TPSA) is 94.0 Å². The number of benzene rings is 3. The van der Waals surface area contributed by atoms with E-state index in [0.717, 1.165) is 22.2 Å². The van der Waals surface area contributed by atoms with Crippen LogP contribution in [-0.4, -0.2) is 33.1 Å². The smallest absolute Gasteiger partial charge is 0.312 e. The number of ether oxygens (including phenoxy) is 1. The van der Waals surface area contributed by atoms with Crippen LogP contribution in [0.5, 0.6) is 0 Å². The maximum Gasteiger partial charge on any atom is 0.312 e. The standard InChI is InChI=1S/C28H23N3O4/c1-2-31-23-15-9-8-14-21(23)26(27(31)18-10-4-3-5-11-18)24(32)17-35-25(33)16-22-19-12-6-7-13-20(19)28(34)30-29-22/h3-15H,2,16-17H2,1H3,(H,30,34). The van der Waals surface area contributed by atoms with E-state index in [0.29, 0.717) is 28.6 Å². The number of nitrogens with zero attached hydrogens (tertiary/aromatic N) is 2. The van der Waals surface area contributed by atoms with Gasteiger partial charge in [0, 0.05) is 22.8 Å². The van der Waals surface area contributed by atoms with Gasteiger partial charge in [-0.05, 0) is 24.6 Å². The molecule has 0 aliphatic rings. The maximum atomic E-state index is 13.4. The number of para-hydroxylation sites is 1. The summed E-state index contributed by atoms with van der Waals surface area (Å²) in [5.41, 5.74) is 3.29. The predicted molar refractivity (Wildman–Crippen MR) is 134 cm³/mol. The van der Waals surface area contributed by atoms with Crippen LogP contribution in [0, 0.1) is 0 Å². The van der Waals surface area contributed by atoms with Gasteiger partial charge in [0.2, 0.25) is 5.78 Å². The van der Waals surface area contributed by atoms with Gasteiger partial charge in [0.1, 0.15) is 0 Å². The number of rotatable bonds is 7. The van der Waals surface area contributed by atoms with Crippen LogP contribution < -0.4 is 5.56 Å². The van der Waals surface area contributed by atoms with Crippen LogP contribution >= 0.6 is 0 Å². The molecular formula is C28H23N3O4. The number of aromatic nitrogens is 3. The van der Waals surface area contributed by atoms with Gasteiger partial charge in [-0.1, -0.05) is 66.7 Å². The van der Waals surface area contributed by atoms with Crippen LogP contribution in [-0.2, 0) is 22.5 Å². The summed E-state index contributed by atoms with van der Waals surface area (Å²) in [6, 6.07) is 24.4. The van der Waals surface area contributed by atoms with Gasteiger partial charge in [-0.25, -0.2) is 5.10 Å². The second-order valence-electron chi connectivity index (χ2n) is 8.16. The Morgan fingerprint density at radius 3 is 2.29 bits per heavy atom. The van der Waals surface area contributed by atoms with Gasteiger partial charge in [-0.2, -0.15) is 5.10 Å². The first-order valence-electron chi connectivity index (χ1n) is 11.4. The molecule has 0 bridgehead atoms. The lowest BCUT2D eigenvalue weighted by atomic mass is 10.0. The van der Waals surface area contributed by atoms with Crippen molar-refractivity contribution in [1.29, 1.82) is 0 Å². The van der Waals surface area contributed by atoms with Crippen molar-refractivity contribution in [3.05, 3.63) is 100 Å². The number of Topliss-reactive ketones (excluding diaryl/α,β-unsaturated/α-hetero) is 1. The molecule has 1 N–H and O–H groups in total. The summed E-state index contributed by atoms with van der Waals surface area (Å²) in [5.74, 6) is -0.872. The molecule has 0 amide bonds. The Labute approximate surface area is 201 Å². The number of hydrogen-bond acceptors (Lipinski definition) is 5. The number of nitrogens with one attached hydrogen (secondary N) is 1. The highest BCUT2D eigenvalue weighted by molar-refractivity contribution is 6.14. The Bertz CT molecular complexity index is 1620. The van der Waals surface area contributed by atoms with Crippen LogP contribution in [0.1, 0.15) is 23.0 Å². The Hall–Kier alpha value is -4.52. The molecule has 0 unspecified atom stereocenters. The highest BCUT2D eigenvalue weighted by Gasteiger charge is 2.24. The number of carbonyl (C=O) groups excluding carboxylic acids is 2. The van der Waals surface area contributed by atoms with Gasteiger partial charge in [-0.15, -0.1) is 0 Å². The van der Waals surface area contributed by atoms with Crippen molar-refractivity contribution < 1.29 is 14.3 Å². The Morgan fingerprint density at radius 2 is 1.54 bits per heavy atom. The molecule has 5 rings (SSSR count). The van der Waals surface area contributed by atoms with Gasteiger partial charge in [0.15, 0.2) is 6.61 Å². The molecule has 35 heavy (non-hydrogen) atoms. The van der Waals surface area contributed by atoms with Crippen LogP contribution in [0.2, 0.25) is 0 Å². The molecule has 0 saturated heterocycles. The van der Waals surface area contributed by atoms with Gasteiger partial charge in [-0.3, -0.25) is 14.4 Å². The molecule has 7 nitrogen and oxygen atoms in total. The number of hydrogen-bond donors (Lipinski definition) is 1. The quantitative estimate of drug-likeness (QED) is 0.281. The third kappa shape index (κ3) is 4.12. The van der Waals surface area contributed by atoms with E-state index in [2.05, 4.69) is 14.8 Å². The highest BCUT2D eigenvalue weighted by atomic mass is 16.5. The van der Waals surface area contributed by atoms with E-state index in [1.165, 1.54) is 0 Å². The number of aromatic amines is 1. The zero-order valence-electron chi connectivity index (χ0n) is 19.2. The number of ketones is 1. The Morgan fingerprint density at radius 1 is 0.886 bits per heavy atom. The molecule has 2 aromatic heterocycles. The summed E-state index contributed by atoms with van der Waals surface area (Å²) >= 11 is 0. The predicted octanol–water partition coefficient (Wildman–Crippen LogP) is 4.53. The molecule has 0 atom stereocenters. The summed E-state index contributed by atoms with van der Waals surface area (Å²) in [7, 11) is 0. The Kier molecular flexibility index (Phi) is 5.97. The fraction of sp³-hybridized carbons (Fsp3) is 0.143. The molecule has 3 aromatic carbocycles. The maximum absolute atomic E-state index is 13.4. The minimum Gasteiger partial charge on any atom is -0.457 e. The van der Waals surface area contributed by atoms with E-state index < -0.39 is 12.6 Å². The van der Waals surface area contributed by atoms with Gasteiger partial charge in [0.25, 0.3) is 5.56 Å². The first kappa shape index (κ1) is 22.3. The average molecular weight is 466 g/mol. The van der Waals surface area contributed by atoms with E-state index in [-0.39, 0.29) is 17.8 Å². The summed E-state index contributed by atoms with van der Waals surface area (Å²) in [4.78, 5) is 38.1. The summed E-state index contributed by atoms with van der Waals surface area (Å²) in [6.07, 6.45) is -0.160. The Balaban J connectivity index is 1.44. The fourth-order valence-corrected chi connectivity index (χ4v) is 4.52.